The fourth-order valence-electron chi connectivity index (χ4n) is 13.9. The molecule has 8 aliphatic rings. The zero-order valence-corrected chi connectivity index (χ0v) is 29.9. The SMILES string of the molecule is CCN1C[C@]2(COC(=O)c3ccccc3N3C(=O)CC(C)C3=O)CCC(OC)[C@@]34C5C[C@@H]6C(OC)C[C@@]7(OCO[C@@]7(C(OC)C23)C14)C5C6OC. The average Bonchev–Trinajstić information content (AvgIpc) is 3.78. The Hall–Kier alpha value is -2.45. The van der Waals surface area contributed by atoms with Gasteiger partial charge in [-0.3, -0.25) is 14.5 Å². The van der Waals surface area contributed by atoms with Crippen LogP contribution < -0.4 is 4.90 Å². The van der Waals surface area contributed by atoms with Crippen LogP contribution in [0, 0.1) is 40.4 Å². The zero-order chi connectivity index (χ0) is 35.0. The Labute approximate surface area is 293 Å². The van der Waals surface area contributed by atoms with E-state index in [-0.39, 0.29) is 97.0 Å². The molecule has 9 unspecified atom stereocenters. The molecular formula is C38H50N2O10. The standard InChI is InChI=1S/C38H50N2O10/c1-7-39-17-35(18-48-33(43)21-10-8-9-11-24(21)40-27(41)14-20(2)32(40)42)13-12-26(45-4)37-23-15-22-25(44-3)16-36(28(23)29(22)46-5)38(34(37)39,50-19-49-36)31(47-6)30(35)37/h8-11,20,22-23,25-26,28-31,34H,7,12-19H2,1-6H3/t20?,22-,23?,25?,26?,28?,29?,30?,31?,34?,35+,36-,37+,38+/m1/s1. The van der Waals surface area contributed by atoms with Gasteiger partial charge in [0.05, 0.1) is 48.3 Å². The van der Waals surface area contributed by atoms with E-state index in [2.05, 4.69) is 11.8 Å². The van der Waals surface area contributed by atoms with E-state index in [1.165, 1.54) is 0 Å². The summed E-state index contributed by atoms with van der Waals surface area (Å²) in [4.78, 5) is 43.8. The van der Waals surface area contributed by atoms with E-state index in [4.69, 9.17) is 33.2 Å². The highest BCUT2D eigenvalue weighted by atomic mass is 16.7. The topological polar surface area (TPSA) is 122 Å². The van der Waals surface area contributed by atoms with Crippen molar-refractivity contribution in [3.63, 3.8) is 0 Å². The molecule has 50 heavy (non-hydrogen) atoms. The number of rotatable bonds is 9. The number of likely N-dealkylation sites (N-methyl/N-ethyl adjacent to an activating group) is 1. The zero-order valence-electron chi connectivity index (χ0n) is 29.9. The van der Waals surface area contributed by atoms with E-state index >= 15 is 0 Å². The summed E-state index contributed by atoms with van der Waals surface area (Å²) in [5.41, 5.74) is -1.91. The molecule has 5 saturated carbocycles. The van der Waals surface area contributed by atoms with Crippen molar-refractivity contribution in [1.82, 2.24) is 4.90 Å². The van der Waals surface area contributed by atoms with E-state index in [1.807, 2.05) is 14.2 Å². The molecule has 0 radical (unpaired) electrons. The van der Waals surface area contributed by atoms with E-state index in [9.17, 15) is 14.4 Å². The Balaban J connectivity index is 1.16. The van der Waals surface area contributed by atoms with Crippen molar-refractivity contribution in [2.24, 2.45) is 40.4 Å². The van der Waals surface area contributed by atoms with Gasteiger partial charge in [-0.25, -0.2) is 9.69 Å². The molecule has 272 valence electrons. The molecule has 9 rings (SSSR count). The van der Waals surface area contributed by atoms with E-state index in [0.717, 1.165) is 30.7 Å². The molecular weight excluding hydrogens is 644 g/mol. The van der Waals surface area contributed by atoms with E-state index in [1.54, 1.807) is 45.4 Å². The van der Waals surface area contributed by atoms with E-state index < -0.39 is 33.9 Å². The lowest BCUT2D eigenvalue weighted by Gasteiger charge is -2.70. The fraction of sp³-hybridized carbons (Fsp3) is 0.763. The molecule has 12 heteroatoms. The average molecular weight is 695 g/mol. The van der Waals surface area contributed by atoms with Gasteiger partial charge < -0.3 is 33.2 Å². The Morgan fingerprint density at radius 1 is 1.04 bits per heavy atom. The third kappa shape index (κ3) is 3.64. The predicted molar refractivity (Wildman–Crippen MR) is 177 cm³/mol. The number of fused-ring (bicyclic) bond motifs is 1. The molecule has 3 aliphatic heterocycles. The van der Waals surface area contributed by atoms with Crippen LogP contribution in [0.4, 0.5) is 5.69 Å². The number of likely N-dealkylation sites (tertiary alicyclic amines) is 1. The minimum Gasteiger partial charge on any atom is -0.461 e. The smallest absolute Gasteiger partial charge is 0.340 e. The highest BCUT2D eigenvalue weighted by Crippen LogP contribution is 2.82. The first-order valence-electron chi connectivity index (χ1n) is 18.4. The first-order chi connectivity index (χ1) is 24.1. The number of imide groups is 1. The van der Waals surface area contributed by atoms with Crippen molar-refractivity contribution in [2.75, 3.05) is 59.8 Å². The molecule has 2 amide bonds. The second-order valence-corrected chi connectivity index (χ2v) is 16.3. The maximum Gasteiger partial charge on any atom is 0.340 e. The normalized spacial score (nSPS) is 48.3. The number of hydrogen-bond donors (Lipinski definition) is 0. The second-order valence-electron chi connectivity index (χ2n) is 16.3. The van der Waals surface area contributed by atoms with Crippen LogP contribution in [-0.4, -0.2) is 119 Å². The number of esters is 1. The Bertz CT molecular complexity index is 1610. The number of piperidine rings is 1. The highest BCUT2D eigenvalue weighted by Gasteiger charge is 2.94. The first-order valence-corrected chi connectivity index (χ1v) is 18.4. The molecule has 1 aromatic carbocycles. The summed E-state index contributed by atoms with van der Waals surface area (Å²) in [5.74, 6) is -1.22. The number of benzene rings is 1. The summed E-state index contributed by atoms with van der Waals surface area (Å²) < 4.78 is 46.5. The van der Waals surface area contributed by atoms with Gasteiger partial charge in [-0.1, -0.05) is 26.0 Å². The van der Waals surface area contributed by atoms with Crippen molar-refractivity contribution in [1.29, 1.82) is 0 Å². The van der Waals surface area contributed by atoms with Gasteiger partial charge in [0.25, 0.3) is 0 Å². The molecule has 1 aromatic rings. The Kier molecular flexibility index (Phi) is 7.53. The molecule has 5 aliphatic carbocycles. The largest absolute Gasteiger partial charge is 0.461 e. The highest BCUT2D eigenvalue weighted by molar-refractivity contribution is 6.22. The quantitative estimate of drug-likeness (QED) is 0.280. The van der Waals surface area contributed by atoms with Crippen LogP contribution in [0.2, 0.25) is 0 Å². The molecule has 0 aromatic heterocycles. The molecule has 3 saturated heterocycles. The van der Waals surface area contributed by atoms with Crippen molar-refractivity contribution in [3.05, 3.63) is 29.8 Å². The molecule has 8 fully saturated rings. The third-order valence-corrected chi connectivity index (χ3v) is 15.1. The third-order valence-electron chi connectivity index (χ3n) is 15.1. The number of ether oxygens (including phenoxy) is 7. The van der Waals surface area contributed by atoms with Crippen LogP contribution in [0.15, 0.2) is 24.3 Å². The van der Waals surface area contributed by atoms with Crippen LogP contribution in [0.1, 0.15) is 56.3 Å². The van der Waals surface area contributed by atoms with Gasteiger partial charge in [0.2, 0.25) is 11.8 Å². The van der Waals surface area contributed by atoms with Gasteiger partial charge in [-0.2, -0.15) is 0 Å². The number of carbonyl (C=O) groups excluding carboxylic acids is 3. The van der Waals surface area contributed by atoms with Gasteiger partial charge in [0.1, 0.15) is 18.0 Å². The fourth-order valence-corrected chi connectivity index (χ4v) is 13.9. The monoisotopic (exact) mass is 694 g/mol. The van der Waals surface area contributed by atoms with Crippen LogP contribution in [0.5, 0.6) is 0 Å². The lowest BCUT2D eigenvalue weighted by Crippen LogP contribution is -2.81. The lowest BCUT2D eigenvalue weighted by molar-refractivity contribution is -0.286. The minimum atomic E-state index is -0.820. The molecule has 3 spiro atoms. The molecule has 0 N–H and O–H groups in total. The second kappa shape index (κ2) is 11.3. The molecule has 12 nitrogen and oxygen atoms in total. The number of hydrogen-bond acceptors (Lipinski definition) is 11. The summed E-state index contributed by atoms with van der Waals surface area (Å²) in [6.45, 7) is 5.73. The first kappa shape index (κ1) is 33.4. The van der Waals surface area contributed by atoms with Crippen molar-refractivity contribution in [2.45, 2.75) is 87.6 Å². The minimum absolute atomic E-state index is 0.0457. The van der Waals surface area contributed by atoms with Crippen LogP contribution in [0.3, 0.4) is 0 Å². The predicted octanol–water partition coefficient (Wildman–Crippen LogP) is 3.05. The number of nitrogens with zero attached hydrogens (tertiary/aromatic N) is 2. The maximum atomic E-state index is 14.2. The van der Waals surface area contributed by atoms with Crippen molar-refractivity contribution in [3.8, 4) is 0 Å². The summed E-state index contributed by atoms with van der Waals surface area (Å²) >= 11 is 0. The Morgan fingerprint density at radius 2 is 1.84 bits per heavy atom. The van der Waals surface area contributed by atoms with Gasteiger partial charge in [0.15, 0.2) is 0 Å². The van der Waals surface area contributed by atoms with Gasteiger partial charge in [0, 0.05) is 82.3 Å². The van der Waals surface area contributed by atoms with Gasteiger partial charge in [-0.05, 0) is 43.9 Å². The van der Waals surface area contributed by atoms with Crippen LogP contribution in [-0.2, 0) is 42.7 Å². The van der Waals surface area contributed by atoms with Crippen LogP contribution in [0.25, 0.3) is 0 Å². The number of carbonyl (C=O) groups is 3. The number of anilines is 1. The summed E-state index contributed by atoms with van der Waals surface area (Å²) in [7, 11) is 7.24. The lowest BCUT2D eigenvalue weighted by atomic mass is 9.42. The molecule has 14 atom stereocenters. The summed E-state index contributed by atoms with van der Waals surface area (Å²) in [6, 6.07) is 6.72. The summed E-state index contributed by atoms with van der Waals surface area (Å²) in [6.07, 6.45) is 2.77. The Morgan fingerprint density at radius 3 is 2.52 bits per heavy atom. The van der Waals surface area contributed by atoms with E-state index in [0.29, 0.717) is 13.0 Å². The van der Waals surface area contributed by atoms with Gasteiger partial charge >= 0.3 is 5.97 Å². The maximum absolute atomic E-state index is 14.2. The summed E-state index contributed by atoms with van der Waals surface area (Å²) in [5, 5.41) is 0. The van der Waals surface area contributed by atoms with Crippen LogP contribution >= 0.6 is 0 Å². The number of para-hydroxylation sites is 1. The number of methoxy groups -OCH3 is 4. The molecule has 3 heterocycles. The molecule has 7 bridgehead atoms. The number of amides is 2. The van der Waals surface area contributed by atoms with Crippen molar-refractivity contribution < 1.29 is 47.5 Å². The van der Waals surface area contributed by atoms with Crippen molar-refractivity contribution >= 4 is 23.5 Å². The van der Waals surface area contributed by atoms with Gasteiger partial charge in [-0.15, -0.1) is 0 Å².